The standard InChI is InChI=1S/C26H33BrO7/c1-14-10-20-19-7-6-17-11-18(30)8-9-23(17,4)25(19,27)21(31)12-24(20,5)26(14,34-16(3)29)22(32)13-33-15(2)28/h8-9,11,14,19-21,31H,6-7,10,12-13H2,1-5H3/t14-,19-,20-,21-,23-,24-,25-,26+/m0/s1. The molecule has 0 heterocycles. The van der Waals surface area contributed by atoms with Gasteiger partial charge in [0.2, 0.25) is 5.78 Å². The van der Waals surface area contributed by atoms with Gasteiger partial charge in [-0.2, -0.15) is 0 Å². The van der Waals surface area contributed by atoms with Gasteiger partial charge >= 0.3 is 11.9 Å². The number of hydrogen-bond donors (Lipinski definition) is 1. The van der Waals surface area contributed by atoms with Crippen LogP contribution in [-0.2, 0) is 28.7 Å². The topological polar surface area (TPSA) is 107 Å². The summed E-state index contributed by atoms with van der Waals surface area (Å²) in [5.41, 5.74) is -1.94. The van der Waals surface area contributed by atoms with Gasteiger partial charge in [0.05, 0.1) is 10.4 Å². The third kappa shape index (κ3) is 3.16. The van der Waals surface area contributed by atoms with E-state index in [-0.39, 0.29) is 30.0 Å². The highest BCUT2D eigenvalue weighted by Crippen LogP contribution is 2.72. The number of alkyl halides is 1. The number of allylic oxidation sites excluding steroid dienone is 4. The zero-order valence-electron chi connectivity index (χ0n) is 20.4. The molecule has 0 spiro atoms. The number of rotatable bonds is 4. The van der Waals surface area contributed by atoms with E-state index in [0.29, 0.717) is 12.8 Å². The summed E-state index contributed by atoms with van der Waals surface area (Å²) >= 11 is 4.00. The average Bonchev–Trinajstić information content (AvgIpc) is 2.95. The first-order valence-corrected chi connectivity index (χ1v) is 12.7. The van der Waals surface area contributed by atoms with Crippen molar-refractivity contribution in [2.24, 2.45) is 28.6 Å². The second-order valence-electron chi connectivity index (χ2n) is 10.9. The van der Waals surface area contributed by atoms with Crippen molar-refractivity contribution in [1.82, 2.24) is 0 Å². The predicted molar refractivity (Wildman–Crippen MR) is 127 cm³/mol. The number of carbonyl (C=O) groups excluding carboxylic acids is 4. The van der Waals surface area contributed by atoms with Gasteiger partial charge < -0.3 is 14.6 Å². The second-order valence-corrected chi connectivity index (χ2v) is 12.2. The molecule has 4 aliphatic rings. The summed E-state index contributed by atoms with van der Waals surface area (Å²) in [4.78, 5) is 49.5. The molecule has 1 N–H and O–H groups in total. The molecule has 4 aliphatic carbocycles. The molecule has 3 saturated carbocycles. The summed E-state index contributed by atoms with van der Waals surface area (Å²) in [5.74, 6) is -2.07. The van der Waals surface area contributed by atoms with Crippen LogP contribution in [0.3, 0.4) is 0 Å². The fraction of sp³-hybridized carbons (Fsp3) is 0.692. The number of esters is 2. The maximum atomic E-state index is 13.6. The SMILES string of the molecule is CC(=O)OCC(=O)[C@]1(OC(C)=O)[C@@H](C)C[C@H]2[C@@H]3CCC4=CC(=O)C=C[C@]4(C)[C@@]3(Br)[C@@H](O)C[C@@]21C. The second kappa shape index (κ2) is 8.12. The molecule has 8 atom stereocenters. The van der Waals surface area contributed by atoms with Crippen LogP contribution in [-0.4, -0.2) is 51.2 Å². The smallest absolute Gasteiger partial charge is 0.303 e. The van der Waals surface area contributed by atoms with E-state index in [9.17, 15) is 24.3 Å². The highest BCUT2D eigenvalue weighted by molar-refractivity contribution is 9.10. The maximum Gasteiger partial charge on any atom is 0.303 e. The molecule has 4 rings (SSSR count). The molecule has 0 aromatic rings. The van der Waals surface area contributed by atoms with E-state index in [1.807, 2.05) is 19.9 Å². The van der Waals surface area contributed by atoms with Crippen LogP contribution in [0.25, 0.3) is 0 Å². The van der Waals surface area contributed by atoms with E-state index in [2.05, 4.69) is 22.9 Å². The Kier molecular flexibility index (Phi) is 6.04. The van der Waals surface area contributed by atoms with Crippen molar-refractivity contribution >= 4 is 39.4 Å². The molecule has 0 saturated heterocycles. The van der Waals surface area contributed by atoms with E-state index in [0.717, 1.165) is 12.0 Å². The van der Waals surface area contributed by atoms with Crippen molar-refractivity contribution in [2.75, 3.05) is 6.61 Å². The number of Topliss-reactive ketones (excluding diaryl/α,β-unsaturated/α-hetero) is 1. The predicted octanol–water partition coefficient (Wildman–Crippen LogP) is 3.46. The molecular formula is C26H33BrO7. The Morgan fingerprint density at radius 1 is 1.18 bits per heavy atom. The van der Waals surface area contributed by atoms with Gasteiger partial charge in [0.15, 0.2) is 18.0 Å². The van der Waals surface area contributed by atoms with Gasteiger partial charge in [-0.15, -0.1) is 0 Å². The molecule has 0 amide bonds. The molecule has 0 aliphatic heterocycles. The number of halogens is 1. The molecule has 34 heavy (non-hydrogen) atoms. The van der Waals surface area contributed by atoms with Crippen molar-refractivity contribution < 1.29 is 33.8 Å². The quantitative estimate of drug-likeness (QED) is 0.433. The summed E-state index contributed by atoms with van der Waals surface area (Å²) < 4.78 is 10.2. The number of fused-ring (bicyclic) bond motifs is 5. The Bertz CT molecular complexity index is 1020. The Labute approximate surface area is 208 Å². The highest BCUT2D eigenvalue weighted by atomic mass is 79.9. The van der Waals surface area contributed by atoms with Crippen LogP contribution in [0.5, 0.6) is 0 Å². The first-order valence-electron chi connectivity index (χ1n) is 11.9. The summed E-state index contributed by atoms with van der Waals surface area (Å²) in [6, 6.07) is 0. The number of ketones is 2. The molecular weight excluding hydrogens is 504 g/mol. The third-order valence-corrected chi connectivity index (χ3v) is 11.2. The normalized spacial score (nSPS) is 44.9. The lowest BCUT2D eigenvalue weighted by molar-refractivity contribution is -0.201. The Balaban J connectivity index is 1.82. The fourth-order valence-corrected chi connectivity index (χ4v) is 9.00. The molecule has 0 radical (unpaired) electrons. The Hall–Kier alpha value is -1.80. The van der Waals surface area contributed by atoms with Gasteiger partial charge in [-0.05, 0) is 49.7 Å². The lowest BCUT2D eigenvalue weighted by atomic mass is 9.46. The summed E-state index contributed by atoms with van der Waals surface area (Å²) in [5, 5.41) is 11.8. The van der Waals surface area contributed by atoms with Crippen LogP contribution in [0.4, 0.5) is 0 Å². The minimum Gasteiger partial charge on any atom is -0.458 e. The zero-order valence-corrected chi connectivity index (χ0v) is 21.9. The Morgan fingerprint density at radius 3 is 2.47 bits per heavy atom. The minimum absolute atomic E-state index is 0.0392. The summed E-state index contributed by atoms with van der Waals surface area (Å²) in [6.07, 6.45) is 6.55. The molecule has 3 fully saturated rings. The van der Waals surface area contributed by atoms with Gasteiger partial charge in [-0.1, -0.05) is 48.4 Å². The largest absolute Gasteiger partial charge is 0.458 e. The van der Waals surface area contributed by atoms with Gasteiger partial charge in [0.1, 0.15) is 0 Å². The van der Waals surface area contributed by atoms with Crippen LogP contribution in [0.1, 0.15) is 60.3 Å². The first kappa shape index (κ1) is 25.3. The van der Waals surface area contributed by atoms with Crippen molar-refractivity contribution in [1.29, 1.82) is 0 Å². The number of aliphatic hydroxyl groups excluding tert-OH is 1. The van der Waals surface area contributed by atoms with Crippen LogP contribution >= 0.6 is 15.9 Å². The first-order chi connectivity index (χ1) is 15.7. The molecule has 8 heteroatoms. The number of ether oxygens (including phenoxy) is 2. The molecule has 0 bridgehead atoms. The Morgan fingerprint density at radius 2 is 1.85 bits per heavy atom. The van der Waals surface area contributed by atoms with E-state index in [1.54, 1.807) is 12.2 Å². The lowest BCUT2D eigenvalue weighted by Gasteiger charge is -2.64. The van der Waals surface area contributed by atoms with Crippen LogP contribution in [0.2, 0.25) is 0 Å². The van der Waals surface area contributed by atoms with E-state index >= 15 is 0 Å². The zero-order chi connectivity index (χ0) is 25.3. The molecule has 7 nitrogen and oxygen atoms in total. The fourth-order valence-electron chi connectivity index (χ4n) is 7.90. The summed E-state index contributed by atoms with van der Waals surface area (Å²) in [6.45, 7) is 7.91. The lowest BCUT2D eigenvalue weighted by Crippen LogP contribution is -2.69. The minimum atomic E-state index is -1.51. The van der Waals surface area contributed by atoms with E-state index in [1.165, 1.54) is 13.8 Å². The van der Waals surface area contributed by atoms with Crippen molar-refractivity contribution in [2.45, 2.75) is 76.3 Å². The summed E-state index contributed by atoms with van der Waals surface area (Å²) in [7, 11) is 0. The molecule has 0 aromatic heterocycles. The van der Waals surface area contributed by atoms with Crippen LogP contribution < -0.4 is 0 Å². The van der Waals surface area contributed by atoms with Crippen molar-refractivity contribution in [3.05, 3.63) is 23.8 Å². The number of hydrogen-bond acceptors (Lipinski definition) is 7. The van der Waals surface area contributed by atoms with Crippen LogP contribution in [0.15, 0.2) is 23.8 Å². The maximum absolute atomic E-state index is 13.6. The van der Waals surface area contributed by atoms with Gasteiger partial charge in [0, 0.05) is 30.6 Å². The molecule has 0 unspecified atom stereocenters. The van der Waals surface area contributed by atoms with E-state index in [4.69, 9.17) is 9.47 Å². The highest BCUT2D eigenvalue weighted by Gasteiger charge is 2.76. The van der Waals surface area contributed by atoms with Gasteiger partial charge in [-0.25, -0.2) is 0 Å². The molecule has 0 aromatic carbocycles. The number of carbonyl (C=O) groups is 4. The number of aliphatic hydroxyl groups is 1. The average molecular weight is 537 g/mol. The van der Waals surface area contributed by atoms with Gasteiger partial charge in [-0.3, -0.25) is 19.2 Å². The molecule has 186 valence electrons. The van der Waals surface area contributed by atoms with Crippen molar-refractivity contribution in [3.63, 3.8) is 0 Å². The van der Waals surface area contributed by atoms with Crippen LogP contribution in [0, 0.1) is 28.6 Å². The third-order valence-electron chi connectivity index (χ3n) is 9.31. The van der Waals surface area contributed by atoms with Gasteiger partial charge in [0.25, 0.3) is 0 Å². The monoisotopic (exact) mass is 536 g/mol. The van der Waals surface area contributed by atoms with E-state index < -0.39 is 51.2 Å². The van der Waals surface area contributed by atoms with Crippen molar-refractivity contribution in [3.8, 4) is 0 Å².